The Hall–Kier alpha value is 0.394. The Labute approximate surface area is 73.8 Å². The van der Waals surface area contributed by atoms with E-state index in [1.807, 2.05) is 0 Å². The van der Waals surface area contributed by atoms with E-state index in [2.05, 4.69) is 44.3 Å². The third kappa shape index (κ3) is 6.78. The molecule has 68 valence electrons. The molecule has 0 aromatic carbocycles. The van der Waals surface area contributed by atoms with Crippen molar-refractivity contribution in [1.82, 2.24) is 4.65 Å². The van der Waals surface area contributed by atoms with Gasteiger partial charge in [-0.05, 0) is 6.04 Å². The molecule has 3 heteroatoms. The van der Waals surface area contributed by atoms with E-state index in [1.54, 1.807) is 0 Å². The largest absolute Gasteiger partial charge is 0.360 e. The second-order valence-corrected chi connectivity index (χ2v) is 14.8. The molecular formula is C8H23NSi2. The smallest absolute Gasteiger partial charge is 0.112 e. The average Bonchev–Trinajstić information content (AvgIpc) is 1.55. The van der Waals surface area contributed by atoms with Gasteiger partial charge in [0, 0.05) is 0 Å². The van der Waals surface area contributed by atoms with Gasteiger partial charge in [-0.25, -0.2) is 0 Å². The van der Waals surface area contributed by atoms with Crippen LogP contribution in [0.5, 0.6) is 0 Å². The lowest BCUT2D eigenvalue weighted by molar-refractivity contribution is 1.02. The zero-order chi connectivity index (χ0) is 9.12. The molecule has 0 radical (unpaired) electrons. The van der Waals surface area contributed by atoms with Crippen molar-refractivity contribution >= 4 is 16.5 Å². The molecule has 0 saturated carbocycles. The lowest BCUT2D eigenvalue weighted by Gasteiger charge is -2.31. The van der Waals surface area contributed by atoms with E-state index in [9.17, 15) is 0 Å². The minimum absolute atomic E-state index is 1.02. The Morgan fingerprint density at radius 1 is 1.00 bits per heavy atom. The van der Waals surface area contributed by atoms with Crippen LogP contribution in [0.4, 0.5) is 0 Å². The highest BCUT2D eigenvalue weighted by atomic mass is 28.4. The summed E-state index contributed by atoms with van der Waals surface area (Å²) in [5.74, 6) is 0. The molecule has 0 atom stereocenters. The fourth-order valence-electron chi connectivity index (χ4n) is 1.70. The van der Waals surface area contributed by atoms with Gasteiger partial charge in [0.1, 0.15) is 16.5 Å². The summed E-state index contributed by atoms with van der Waals surface area (Å²) in [5.41, 5.74) is 0. The summed E-state index contributed by atoms with van der Waals surface area (Å²) >= 11 is 0. The van der Waals surface area contributed by atoms with Crippen LogP contribution in [0.15, 0.2) is 0 Å². The Kier molecular flexibility index (Phi) is 4.01. The van der Waals surface area contributed by atoms with Crippen LogP contribution < -0.4 is 4.65 Å². The van der Waals surface area contributed by atoms with Crippen molar-refractivity contribution in [2.45, 2.75) is 52.1 Å². The molecule has 0 fully saturated rings. The van der Waals surface area contributed by atoms with E-state index in [4.69, 9.17) is 0 Å². The molecule has 0 aromatic heterocycles. The maximum Gasteiger partial charge on any atom is 0.112 e. The summed E-state index contributed by atoms with van der Waals surface area (Å²) in [6, 6.07) is 1.41. The molecule has 1 nitrogen and oxygen atoms in total. The molecule has 0 aliphatic carbocycles. The van der Waals surface area contributed by atoms with Gasteiger partial charge in [-0.1, -0.05) is 46.1 Å². The third-order valence-electron chi connectivity index (χ3n) is 1.59. The Balaban J connectivity index is 3.91. The summed E-state index contributed by atoms with van der Waals surface area (Å²) < 4.78 is 3.87. The van der Waals surface area contributed by atoms with Gasteiger partial charge < -0.3 is 4.65 Å². The maximum absolute atomic E-state index is 3.87. The monoisotopic (exact) mass is 189 g/mol. The average molecular weight is 189 g/mol. The second kappa shape index (κ2) is 3.87. The third-order valence-corrected chi connectivity index (χ3v) is 9.05. The number of rotatable bonds is 4. The molecule has 0 spiro atoms. The first-order valence-electron chi connectivity index (χ1n) is 4.56. The Morgan fingerprint density at radius 2 is 1.45 bits per heavy atom. The van der Waals surface area contributed by atoms with Crippen molar-refractivity contribution < 1.29 is 0 Å². The van der Waals surface area contributed by atoms with Gasteiger partial charge >= 0.3 is 0 Å². The normalized spacial score (nSPS) is 13.6. The van der Waals surface area contributed by atoms with Gasteiger partial charge in [0.15, 0.2) is 0 Å². The van der Waals surface area contributed by atoms with Crippen molar-refractivity contribution in [2.24, 2.45) is 0 Å². The molecule has 0 unspecified atom stereocenters. The highest BCUT2D eigenvalue weighted by molar-refractivity contribution is 6.90. The molecule has 11 heavy (non-hydrogen) atoms. The van der Waals surface area contributed by atoms with Crippen molar-refractivity contribution in [3.63, 3.8) is 0 Å². The van der Waals surface area contributed by atoms with Gasteiger partial charge in [-0.2, -0.15) is 0 Å². The zero-order valence-electron chi connectivity index (χ0n) is 8.91. The number of hydrogen-bond donors (Lipinski definition) is 1. The van der Waals surface area contributed by atoms with Crippen molar-refractivity contribution in [3.8, 4) is 0 Å². The van der Waals surface area contributed by atoms with Crippen LogP contribution in [0.25, 0.3) is 0 Å². The zero-order valence-corrected chi connectivity index (χ0v) is 10.9. The molecule has 0 heterocycles. The first-order chi connectivity index (χ1) is 4.77. The predicted molar refractivity (Wildman–Crippen MR) is 59.1 cm³/mol. The molecule has 0 amide bonds. The van der Waals surface area contributed by atoms with Crippen molar-refractivity contribution in [1.29, 1.82) is 0 Å². The molecule has 0 rings (SSSR count). The first-order valence-corrected chi connectivity index (χ1v) is 11.3. The van der Waals surface area contributed by atoms with Crippen LogP contribution >= 0.6 is 0 Å². The highest BCUT2D eigenvalue weighted by Crippen LogP contribution is 2.11. The summed E-state index contributed by atoms with van der Waals surface area (Å²) in [5, 5.41) is 0. The lowest BCUT2D eigenvalue weighted by atomic mass is 10.6. The molecular weight excluding hydrogens is 166 g/mol. The van der Waals surface area contributed by atoms with Crippen LogP contribution in [0.1, 0.15) is 13.3 Å². The van der Waals surface area contributed by atoms with E-state index in [-0.39, 0.29) is 0 Å². The fourth-order valence-corrected chi connectivity index (χ4v) is 11.6. The van der Waals surface area contributed by atoms with E-state index in [0.717, 1.165) is 0 Å². The standard InChI is InChI=1S/C8H23NSi2/c1-7-8-11(5,6)9-10(2,3)4/h9H,7-8H2,1-6H3. The van der Waals surface area contributed by atoms with Gasteiger partial charge in [0.2, 0.25) is 0 Å². The van der Waals surface area contributed by atoms with Gasteiger partial charge in [-0.3, -0.25) is 0 Å². The molecule has 1 N–H and O–H groups in total. The maximum atomic E-state index is 3.87. The highest BCUT2D eigenvalue weighted by Gasteiger charge is 2.26. The second-order valence-electron chi connectivity index (χ2n) is 5.01. The fraction of sp³-hybridized carbons (Fsp3) is 1.00. The first kappa shape index (κ1) is 11.4. The van der Waals surface area contributed by atoms with Crippen molar-refractivity contribution in [3.05, 3.63) is 0 Å². The summed E-state index contributed by atoms with van der Waals surface area (Å²) in [4.78, 5) is 0. The summed E-state index contributed by atoms with van der Waals surface area (Å²) in [6.45, 7) is 14.3. The van der Waals surface area contributed by atoms with Crippen molar-refractivity contribution in [2.75, 3.05) is 0 Å². The van der Waals surface area contributed by atoms with Gasteiger partial charge in [0.05, 0.1) is 0 Å². The van der Waals surface area contributed by atoms with Crippen LogP contribution in [-0.4, -0.2) is 16.5 Å². The quantitative estimate of drug-likeness (QED) is 0.670. The van der Waals surface area contributed by atoms with Crippen LogP contribution in [-0.2, 0) is 0 Å². The molecule has 0 aliphatic heterocycles. The van der Waals surface area contributed by atoms with Gasteiger partial charge in [-0.15, -0.1) is 0 Å². The Morgan fingerprint density at radius 3 is 1.73 bits per heavy atom. The van der Waals surface area contributed by atoms with E-state index < -0.39 is 16.5 Å². The molecule has 0 saturated heterocycles. The van der Waals surface area contributed by atoms with E-state index in [0.29, 0.717) is 0 Å². The van der Waals surface area contributed by atoms with E-state index in [1.165, 1.54) is 12.5 Å². The minimum atomic E-state index is -1.03. The minimum Gasteiger partial charge on any atom is -0.360 e. The van der Waals surface area contributed by atoms with Crippen LogP contribution in [0.3, 0.4) is 0 Å². The summed E-state index contributed by atoms with van der Waals surface area (Å²) in [7, 11) is -2.05. The topological polar surface area (TPSA) is 12.0 Å². The molecule has 0 aromatic rings. The van der Waals surface area contributed by atoms with Crippen LogP contribution in [0.2, 0.25) is 38.8 Å². The van der Waals surface area contributed by atoms with Crippen LogP contribution in [0, 0.1) is 0 Å². The number of nitrogens with one attached hydrogen (secondary N) is 1. The number of hydrogen-bond acceptors (Lipinski definition) is 1. The SMILES string of the molecule is CCC[Si](C)(C)N[Si](C)(C)C. The predicted octanol–water partition coefficient (Wildman–Crippen LogP) is 3.03. The Bertz CT molecular complexity index is 116. The molecule has 0 bridgehead atoms. The van der Waals surface area contributed by atoms with Gasteiger partial charge in [0.25, 0.3) is 0 Å². The lowest BCUT2D eigenvalue weighted by Crippen LogP contribution is -2.57. The summed E-state index contributed by atoms with van der Waals surface area (Å²) in [6.07, 6.45) is 1.33. The van der Waals surface area contributed by atoms with E-state index >= 15 is 0 Å². The molecule has 0 aliphatic rings.